The molecule has 102 valence electrons. The summed E-state index contributed by atoms with van der Waals surface area (Å²) in [6.07, 6.45) is 0. The Kier molecular flexibility index (Phi) is 4.27. The molecule has 2 aromatic rings. The van der Waals surface area contributed by atoms with E-state index in [4.69, 9.17) is 14.7 Å². The summed E-state index contributed by atoms with van der Waals surface area (Å²) in [7, 11) is 1.65. The van der Waals surface area contributed by atoms with E-state index in [-0.39, 0.29) is 0 Å². The summed E-state index contributed by atoms with van der Waals surface area (Å²) in [5.41, 5.74) is 3.59. The van der Waals surface area contributed by atoms with E-state index in [9.17, 15) is 0 Å². The average Bonchev–Trinajstić information content (AvgIpc) is 2.46. The summed E-state index contributed by atoms with van der Waals surface area (Å²) in [5, 5.41) is 8.95. The average molecular weight is 267 g/mol. The van der Waals surface area contributed by atoms with Gasteiger partial charge in [-0.25, -0.2) is 0 Å². The van der Waals surface area contributed by atoms with Crippen LogP contribution in [0.15, 0.2) is 36.4 Å². The van der Waals surface area contributed by atoms with E-state index in [0.717, 1.165) is 28.2 Å². The molecule has 2 rings (SSSR count). The van der Waals surface area contributed by atoms with Crippen LogP contribution in [0.25, 0.3) is 0 Å². The van der Waals surface area contributed by atoms with E-state index in [1.165, 1.54) is 0 Å². The van der Waals surface area contributed by atoms with Gasteiger partial charge >= 0.3 is 0 Å². The maximum Gasteiger partial charge on any atom is 0.125 e. The molecule has 0 saturated carbocycles. The highest BCUT2D eigenvalue weighted by Crippen LogP contribution is 2.27. The van der Waals surface area contributed by atoms with Gasteiger partial charge in [0.1, 0.15) is 18.1 Å². The largest absolute Gasteiger partial charge is 0.496 e. The van der Waals surface area contributed by atoms with E-state index in [1.54, 1.807) is 7.11 Å². The minimum Gasteiger partial charge on any atom is -0.496 e. The second-order valence-electron chi connectivity index (χ2n) is 4.65. The van der Waals surface area contributed by atoms with Gasteiger partial charge < -0.3 is 9.47 Å². The van der Waals surface area contributed by atoms with Gasteiger partial charge in [-0.3, -0.25) is 0 Å². The Morgan fingerprint density at radius 3 is 2.35 bits per heavy atom. The van der Waals surface area contributed by atoms with E-state index < -0.39 is 0 Å². The van der Waals surface area contributed by atoms with Crippen molar-refractivity contribution >= 4 is 0 Å². The Morgan fingerprint density at radius 2 is 1.75 bits per heavy atom. The Bertz CT molecular complexity index is 633. The fourth-order valence-corrected chi connectivity index (χ4v) is 2.21. The predicted octanol–water partition coefficient (Wildman–Crippen LogP) is 3.76. The number of aryl methyl sites for hydroxylation is 2. The quantitative estimate of drug-likeness (QED) is 0.847. The van der Waals surface area contributed by atoms with Crippen LogP contribution in [0.4, 0.5) is 0 Å². The Morgan fingerprint density at radius 1 is 1.10 bits per heavy atom. The highest BCUT2D eigenvalue weighted by atomic mass is 16.5. The van der Waals surface area contributed by atoms with Crippen LogP contribution in [0.2, 0.25) is 0 Å². The molecule has 0 atom stereocenters. The Hall–Kier alpha value is -2.47. The minimum absolute atomic E-state index is 0.442. The predicted molar refractivity (Wildman–Crippen MR) is 78.0 cm³/mol. The van der Waals surface area contributed by atoms with Crippen molar-refractivity contribution in [2.75, 3.05) is 7.11 Å². The van der Waals surface area contributed by atoms with Gasteiger partial charge in [0.15, 0.2) is 0 Å². The molecule has 0 aromatic heterocycles. The van der Waals surface area contributed by atoms with E-state index in [2.05, 4.69) is 6.07 Å². The number of hydrogen-bond acceptors (Lipinski definition) is 3. The van der Waals surface area contributed by atoms with Crippen LogP contribution in [0.1, 0.15) is 22.3 Å². The molecular formula is C17H17NO2. The molecule has 0 amide bonds. The normalized spacial score (nSPS) is 9.90. The van der Waals surface area contributed by atoms with Crippen LogP contribution < -0.4 is 9.47 Å². The van der Waals surface area contributed by atoms with Crippen molar-refractivity contribution in [3.63, 3.8) is 0 Å². The number of nitrogens with zero attached hydrogens (tertiary/aromatic N) is 1. The molecule has 0 aliphatic heterocycles. The van der Waals surface area contributed by atoms with Crippen LogP contribution in [0.3, 0.4) is 0 Å². The third-order valence-electron chi connectivity index (χ3n) is 3.15. The monoisotopic (exact) mass is 267 g/mol. The fourth-order valence-electron chi connectivity index (χ4n) is 2.21. The lowest BCUT2D eigenvalue weighted by molar-refractivity contribution is 0.293. The standard InChI is InChI=1S/C17H17NO2/c1-12-8-14(10-18)9-13(2)17(12)20-11-15-6-4-5-7-16(15)19-3/h4-9H,11H2,1-3H3. The van der Waals surface area contributed by atoms with Gasteiger partial charge in [-0.15, -0.1) is 0 Å². The number of hydrogen-bond donors (Lipinski definition) is 0. The number of methoxy groups -OCH3 is 1. The lowest BCUT2D eigenvalue weighted by Crippen LogP contribution is -2.01. The Balaban J connectivity index is 2.22. The summed E-state index contributed by atoms with van der Waals surface area (Å²) in [6, 6.07) is 13.6. The third kappa shape index (κ3) is 2.92. The number of benzene rings is 2. The number of nitriles is 1. The molecule has 0 bridgehead atoms. The molecule has 3 heteroatoms. The van der Waals surface area contributed by atoms with Crippen molar-refractivity contribution in [1.82, 2.24) is 0 Å². The third-order valence-corrected chi connectivity index (χ3v) is 3.15. The molecule has 0 spiro atoms. The van der Waals surface area contributed by atoms with Crippen LogP contribution >= 0.6 is 0 Å². The van der Waals surface area contributed by atoms with Crippen molar-refractivity contribution in [1.29, 1.82) is 5.26 Å². The van der Waals surface area contributed by atoms with Crippen LogP contribution in [-0.4, -0.2) is 7.11 Å². The van der Waals surface area contributed by atoms with Crippen molar-refractivity contribution in [2.24, 2.45) is 0 Å². The van der Waals surface area contributed by atoms with Crippen molar-refractivity contribution in [3.8, 4) is 17.6 Å². The van der Waals surface area contributed by atoms with Gasteiger partial charge in [-0.1, -0.05) is 18.2 Å². The first-order valence-electron chi connectivity index (χ1n) is 6.41. The van der Waals surface area contributed by atoms with Gasteiger partial charge in [-0.05, 0) is 43.2 Å². The van der Waals surface area contributed by atoms with Crippen LogP contribution in [0, 0.1) is 25.2 Å². The van der Waals surface area contributed by atoms with Crippen LogP contribution in [-0.2, 0) is 6.61 Å². The van der Waals surface area contributed by atoms with Gasteiger partial charge in [0, 0.05) is 5.56 Å². The van der Waals surface area contributed by atoms with E-state index >= 15 is 0 Å². The molecular weight excluding hydrogens is 250 g/mol. The fraction of sp³-hybridized carbons (Fsp3) is 0.235. The molecule has 0 fully saturated rings. The highest BCUT2D eigenvalue weighted by molar-refractivity contribution is 5.47. The summed E-state index contributed by atoms with van der Waals surface area (Å²) in [4.78, 5) is 0. The molecule has 3 nitrogen and oxygen atoms in total. The minimum atomic E-state index is 0.442. The van der Waals surface area contributed by atoms with Gasteiger partial charge in [-0.2, -0.15) is 5.26 Å². The van der Waals surface area contributed by atoms with E-state index in [1.807, 2.05) is 50.2 Å². The molecule has 2 aromatic carbocycles. The van der Waals surface area contributed by atoms with Crippen molar-refractivity contribution in [3.05, 3.63) is 58.7 Å². The summed E-state index contributed by atoms with van der Waals surface area (Å²) < 4.78 is 11.2. The lowest BCUT2D eigenvalue weighted by atomic mass is 10.1. The van der Waals surface area contributed by atoms with Crippen molar-refractivity contribution < 1.29 is 9.47 Å². The zero-order valence-corrected chi connectivity index (χ0v) is 11.9. The zero-order valence-electron chi connectivity index (χ0n) is 11.9. The second-order valence-corrected chi connectivity index (χ2v) is 4.65. The molecule has 0 unspecified atom stereocenters. The van der Waals surface area contributed by atoms with Gasteiger partial charge in [0.25, 0.3) is 0 Å². The Labute approximate surface area is 119 Å². The smallest absolute Gasteiger partial charge is 0.125 e. The molecule has 0 heterocycles. The molecule has 20 heavy (non-hydrogen) atoms. The topological polar surface area (TPSA) is 42.2 Å². The van der Waals surface area contributed by atoms with Crippen molar-refractivity contribution in [2.45, 2.75) is 20.5 Å². The lowest BCUT2D eigenvalue weighted by Gasteiger charge is -2.14. The maximum absolute atomic E-state index is 8.95. The highest BCUT2D eigenvalue weighted by Gasteiger charge is 2.08. The number of rotatable bonds is 4. The number of ether oxygens (including phenoxy) is 2. The SMILES string of the molecule is COc1ccccc1COc1c(C)cc(C#N)cc1C. The van der Waals surface area contributed by atoms with E-state index in [0.29, 0.717) is 12.2 Å². The summed E-state index contributed by atoms with van der Waals surface area (Å²) in [6.45, 7) is 4.34. The van der Waals surface area contributed by atoms with Crippen LogP contribution in [0.5, 0.6) is 11.5 Å². The first-order valence-corrected chi connectivity index (χ1v) is 6.41. The molecule has 0 aliphatic rings. The first-order chi connectivity index (χ1) is 9.65. The number of para-hydroxylation sites is 1. The summed E-state index contributed by atoms with van der Waals surface area (Å²) >= 11 is 0. The molecule has 0 radical (unpaired) electrons. The molecule has 0 aliphatic carbocycles. The first kappa shape index (κ1) is 14.0. The van der Waals surface area contributed by atoms with Gasteiger partial charge in [0.2, 0.25) is 0 Å². The zero-order chi connectivity index (χ0) is 14.5. The van der Waals surface area contributed by atoms with Gasteiger partial charge in [0.05, 0.1) is 18.7 Å². The second kappa shape index (κ2) is 6.12. The summed E-state index contributed by atoms with van der Waals surface area (Å²) in [5.74, 6) is 1.64. The maximum atomic E-state index is 8.95. The molecule has 0 N–H and O–H groups in total. The molecule has 0 saturated heterocycles.